The zero-order valence-electron chi connectivity index (χ0n) is 19.1. The van der Waals surface area contributed by atoms with Crippen molar-refractivity contribution in [2.75, 3.05) is 19.5 Å². The van der Waals surface area contributed by atoms with E-state index in [1.165, 1.54) is 37.4 Å². The van der Waals surface area contributed by atoms with Crippen molar-refractivity contribution in [1.29, 1.82) is 0 Å². The molecule has 0 aliphatic carbocycles. The minimum Gasteiger partial charge on any atom is -0.497 e. The van der Waals surface area contributed by atoms with Gasteiger partial charge in [-0.05, 0) is 43.3 Å². The number of anilines is 1. The van der Waals surface area contributed by atoms with Gasteiger partial charge in [-0.15, -0.1) is 0 Å². The molecule has 0 saturated carbocycles. The third-order valence-corrected chi connectivity index (χ3v) is 5.30. The van der Waals surface area contributed by atoms with E-state index in [1.54, 1.807) is 54.2 Å². The summed E-state index contributed by atoms with van der Waals surface area (Å²) in [6.45, 7) is 1.81. The van der Waals surface area contributed by atoms with Gasteiger partial charge in [-0.25, -0.2) is 19.0 Å². The first kappa shape index (κ1) is 22.0. The number of aromatic nitrogens is 6. The normalized spacial score (nSPS) is 11.0. The summed E-state index contributed by atoms with van der Waals surface area (Å²) in [6.07, 6.45) is 2.98. The topological polar surface area (TPSA) is 109 Å². The molecule has 3 aromatic heterocycles. The number of nitrogens with one attached hydrogen (secondary N) is 1. The van der Waals surface area contributed by atoms with E-state index in [0.717, 1.165) is 0 Å². The molecule has 0 aliphatic heterocycles. The molecular formula is C24H20FN7O3. The van der Waals surface area contributed by atoms with E-state index in [4.69, 9.17) is 9.47 Å². The van der Waals surface area contributed by atoms with Gasteiger partial charge >= 0.3 is 0 Å². The Bertz CT molecular complexity index is 1520. The van der Waals surface area contributed by atoms with Crippen LogP contribution in [0, 0.1) is 12.7 Å². The van der Waals surface area contributed by atoms with Crippen LogP contribution in [0.3, 0.4) is 0 Å². The van der Waals surface area contributed by atoms with Crippen LogP contribution < -0.4 is 14.8 Å². The van der Waals surface area contributed by atoms with Crippen molar-refractivity contribution in [2.24, 2.45) is 0 Å². The second-order valence-corrected chi connectivity index (χ2v) is 7.61. The average Bonchev–Trinajstić information content (AvgIpc) is 3.47. The molecule has 0 atom stereocenters. The Morgan fingerprint density at radius 3 is 2.37 bits per heavy atom. The fourth-order valence-electron chi connectivity index (χ4n) is 3.65. The molecule has 0 spiro atoms. The number of benzene rings is 2. The Labute approximate surface area is 199 Å². The smallest absolute Gasteiger partial charge is 0.257 e. The molecule has 11 heteroatoms. The van der Waals surface area contributed by atoms with E-state index in [2.05, 4.69) is 25.5 Å². The highest BCUT2D eigenvalue weighted by Crippen LogP contribution is 2.26. The van der Waals surface area contributed by atoms with Gasteiger partial charge in [-0.1, -0.05) is 0 Å². The third-order valence-electron chi connectivity index (χ3n) is 5.30. The van der Waals surface area contributed by atoms with Gasteiger partial charge in [0.15, 0.2) is 11.5 Å². The fourth-order valence-corrected chi connectivity index (χ4v) is 3.65. The molecule has 5 rings (SSSR count). The Kier molecular flexibility index (Phi) is 5.57. The second-order valence-electron chi connectivity index (χ2n) is 7.61. The summed E-state index contributed by atoms with van der Waals surface area (Å²) in [5, 5.41) is 12.4. The van der Waals surface area contributed by atoms with Crippen LogP contribution in [-0.4, -0.2) is 49.7 Å². The SMILES string of the molecule is COc1cc(OC)cc(C(=O)Nc2cc(C)nn2-c2ncnc3c2cnn3-c2ccc(F)cc2)c1. The summed E-state index contributed by atoms with van der Waals surface area (Å²) < 4.78 is 27.0. The van der Waals surface area contributed by atoms with Crippen LogP contribution in [0.5, 0.6) is 11.5 Å². The third kappa shape index (κ3) is 4.14. The molecule has 0 radical (unpaired) electrons. The Morgan fingerprint density at radius 2 is 1.69 bits per heavy atom. The van der Waals surface area contributed by atoms with Crippen LogP contribution in [0.25, 0.3) is 22.5 Å². The molecule has 0 bridgehead atoms. The summed E-state index contributed by atoms with van der Waals surface area (Å²) in [6, 6.07) is 12.6. The van der Waals surface area contributed by atoms with Gasteiger partial charge in [0.2, 0.25) is 0 Å². The van der Waals surface area contributed by atoms with Crippen molar-refractivity contribution in [3.05, 3.63) is 78.1 Å². The van der Waals surface area contributed by atoms with Crippen molar-refractivity contribution in [2.45, 2.75) is 6.92 Å². The molecule has 0 fully saturated rings. The highest BCUT2D eigenvalue weighted by atomic mass is 19.1. The number of carbonyl (C=O) groups is 1. The van der Waals surface area contributed by atoms with Crippen molar-refractivity contribution in [3.8, 4) is 23.0 Å². The number of fused-ring (bicyclic) bond motifs is 1. The molecule has 35 heavy (non-hydrogen) atoms. The van der Waals surface area contributed by atoms with E-state index >= 15 is 0 Å². The number of hydrogen-bond acceptors (Lipinski definition) is 7. The minimum atomic E-state index is -0.379. The highest BCUT2D eigenvalue weighted by molar-refractivity contribution is 6.04. The van der Waals surface area contributed by atoms with Crippen molar-refractivity contribution in [3.63, 3.8) is 0 Å². The first-order chi connectivity index (χ1) is 17.0. The lowest BCUT2D eigenvalue weighted by Gasteiger charge is -2.11. The number of rotatable bonds is 6. The average molecular weight is 473 g/mol. The first-order valence-corrected chi connectivity index (χ1v) is 10.5. The van der Waals surface area contributed by atoms with Gasteiger partial charge in [-0.3, -0.25) is 4.79 Å². The molecule has 3 heterocycles. The quantitative estimate of drug-likeness (QED) is 0.400. The molecule has 176 valence electrons. The number of amides is 1. The largest absolute Gasteiger partial charge is 0.497 e. The fraction of sp³-hybridized carbons (Fsp3) is 0.125. The van der Waals surface area contributed by atoms with Crippen LogP contribution in [0.2, 0.25) is 0 Å². The van der Waals surface area contributed by atoms with Crippen LogP contribution in [0.1, 0.15) is 16.1 Å². The van der Waals surface area contributed by atoms with Crippen LogP contribution >= 0.6 is 0 Å². The van der Waals surface area contributed by atoms with E-state index in [1.807, 2.05) is 0 Å². The standard InChI is InChI=1S/C24H20FN7O3/c1-14-8-21(29-24(33)15-9-18(34-2)11-19(10-15)35-3)32(30-14)23-20-12-28-31(22(20)26-13-27-23)17-6-4-16(25)5-7-17/h4-13H,1-3H3,(H,29,33). The van der Waals surface area contributed by atoms with Gasteiger partial charge in [0, 0.05) is 17.7 Å². The minimum absolute atomic E-state index is 0.346. The van der Waals surface area contributed by atoms with Crippen molar-refractivity contribution in [1.82, 2.24) is 29.5 Å². The number of methoxy groups -OCH3 is 2. The molecule has 0 saturated heterocycles. The van der Waals surface area contributed by atoms with Gasteiger partial charge < -0.3 is 14.8 Å². The summed E-state index contributed by atoms with van der Waals surface area (Å²) in [5.74, 6) is 1.09. The highest BCUT2D eigenvalue weighted by Gasteiger charge is 2.19. The van der Waals surface area contributed by atoms with E-state index in [-0.39, 0.29) is 11.7 Å². The zero-order valence-corrected chi connectivity index (χ0v) is 19.1. The lowest BCUT2D eigenvalue weighted by molar-refractivity contribution is 0.102. The Morgan fingerprint density at radius 1 is 0.971 bits per heavy atom. The van der Waals surface area contributed by atoms with E-state index in [0.29, 0.717) is 51.1 Å². The zero-order chi connectivity index (χ0) is 24.5. The number of halogens is 1. The number of nitrogens with zero attached hydrogens (tertiary/aromatic N) is 6. The number of carbonyl (C=O) groups excluding carboxylic acids is 1. The van der Waals surface area contributed by atoms with Gasteiger partial charge in [-0.2, -0.15) is 14.9 Å². The Hall–Kier alpha value is -4.80. The molecule has 1 N–H and O–H groups in total. The van der Waals surface area contributed by atoms with Crippen LogP contribution in [-0.2, 0) is 0 Å². The number of aryl methyl sites for hydroxylation is 1. The van der Waals surface area contributed by atoms with E-state index < -0.39 is 0 Å². The molecular weight excluding hydrogens is 453 g/mol. The molecule has 0 unspecified atom stereocenters. The van der Waals surface area contributed by atoms with Gasteiger partial charge in [0.25, 0.3) is 5.91 Å². The van der Waals surface area contributed by atoms with E-state index in [9.17, 15) is 9.18 Å². The maximum absolute atomic E-state index is 13.4. The summed E-state index contributed by atoms with van der Waals surface area (Å²) in [4.78, 5) is 21.8. The first-order valence-electron chi connectivity index (χ1n) is 10.5. The maximum atomic E-state index is 13.4. The molecule has 1 amide bonds. The predicted molar refractivity (Wildman–Crippen MR) is 126 cm³/mol. The molecule has 10 nitrogen and oxygen atoms in total. The monoisotopic (exact) mass is 473 g/mol. The summed E-state index contributed by atoms with van der Waals surface area (Å²) >= 11 is 0. The van der Waals surface area contributed by atoms with Gasteiger partial charge in [0.1, 0.15) is 29.5 Å². The van der Waals surface area contributed by atoms with Crippen molar-refractivity contribution < 1.29 is 18.7 Å². The Balaban J connectivity index is 1.54. The lowest BCUT2D eigenvalue weighted by Crippen LogP contribution is -2.16. The predicted octanol–water partition coefficient (Wildman–Crippen LogP) is 3.72. The molecule has 2 aromatic carbocycles. The van der Waals surface area contributed by atoms with Crippen LogP contribution in [0.4, 0.5) is 10.2 Å². The molecule has 0 aliphatic rings. The number of ether oxygens (including phenoxy) is 2. The van der Waals surface area contributed by atoms with Crippen LogP contribution in [0.15, 0.2) is 61.1 Å². The maximum Gasteiger partial charge on any atom is 0.257 e. The van der Waals surface area contributed by atoms with Crippen molar-refractivity contribution >= 4 is 22.8 Å². The van der Waals surface area contributed by atoms with Gasteiger partial charge in [0.05, 0.1) is 37.2 Å². The molecule has 5 aromatic rings. The number of hydrogen-bond donors (Lipinski definition) is 1. The second kappa shape index (κ2) is 8.86. The summed E-state index contributed by atoms with van der Waals surface area (Å²) in [7, 11) is 3.03. The lowest BCUT2D eigenvalue weighted by atomic mass is 10.2. The summed E-state index contributed by atoms with van der Waals surface area (Å²) in [5.41, 5.74) is 2.16.